The van der Waals surface area contributed by atoms with E-state index >= 15 is 0 Å². The average molecular weight is 300 g/mol. The molecule has 1 aromatic rings. The smallest absolute Gasteiger partial charge is 0.326 e. The molecule has 0 aliphatic heterocycles. The summed E-state index contributed by atoms with van der Waals surface area (Å²) in [5, 5.41) is 8.27. The maximum atomic E-state index is 12.3. The molecule has 0 bridgehead atoms. The van der Waals surface area contributed by atoms with Crippen molar-refractivity contribution >= 4 is 17.6 Å². The van der Waals surface area contributed by atoms with Crippen molar-refractivity contribution in [2.45, 2.75) is 57.7 Å². The third-order valence-corrected chi connectivity index (χ3v) is 3.86. The van der Waals surface area contributed by atoms with Gasteiger partial charge < -0.3 is 4.74 Å². The quantitative estimate of drug-likeness (QED) is 0.849. The summed E-state index contributed by atoms with van der Waals surface area (Å²) in [5.41, 5.74) is -0.604. The number of carbonyl (C=O) groups is 1. The van der Waals surface area contributed by atoms with Crippen molar-refractivity contribution < 1.29 is 9.53 Å². The molecule has 0 saturated heterocycles. The maximum Gasteiger partial charge on any atom is 0.326 e. The van der Waals surface area contributed by atoms with E-state index in [9.17, 15) is 4.79 Å². The normalized spacial score (nSPS) is 26.1. The fourth-order valence-corrected chi connectivity index (χ4v) is 3.10. The van der Waals surface area contributed by atoms with Crippen molar-refractivity contribution in [3.8, 4) is 0 Å². The molecule has 0 aromatic carbocycles. The summed E-state index contributed by atoms with van der Waals surface area (Å²) in [6.45, 7) is 6.32. The van der Waals surface area contributed by atoms with Gasteiger partial charge in [0.2, 0.25) is 0 Å². The van der Waals surface area contributed by atoms with Crippen molar-refractivity contribution in [1.82, 2.24) is 15.1 Å². The Morgan fingerprint density at radius 1 is 1.70 bits per heavy atom. The van der Waals surface area contributed by atoms with Gasteiger partial charge in [0, 0.05) is 12.2 Å². The molecule has 112 valence electrons. The molecule has 1 fully saturated rings. The molecule has 0 radical (unpaired) electrons. The molecular weight excluding hydrogens is 278 g/mol. The minimum Gasteiger partial charge on any atom is -0.465 e. The van der Waals surface area contributed by atoms with E-state index in [1.807, 2.05) is 31.6 Å². The van der Waals surface area contributed by atoms with E-state index in [1.54, 1.807) is 6.20 Å². The van der Waals surface area contributed by atoms with Crippen LogP contribution in [0.3, 0.4) is 0 Å². The van der Waals surface area contributed by atoms with Crippen LogP contribution in [0.2, 0.25) is 5.02 Å². The van der Waals surface area contributed by atoms with Gasteiger partial charge in [-0.1, -0.05) is 11.6 Å². The number of aromatic nitrogens is 2. The van der Waals surface area contributed by atoms with Crippen LogP contribution in [0, 0.1) is 0 Å². The average Bonchev–Trinajstić information content (AvgIpc) is 2.96. The third-order valence-electron chi connectivity index (χ3n) is 3.66. The van der Waals surface area contributed by atoms with Crippen molar-refractivity contribution in [2.24, 2.45) is 0 Å². The second-order valence-corrected chi connectivity index (χ2v) is 6.07. The molecule has 1 heterocycles. The van der Waals surface area contributed by atoms with Crippen LogP contribution in [0.25, 0.3) is 0 Å². The number of esters is 1. The minimum atomic E-state index is -0.604. The molecule has 0 amide bonds. The van der Waals surface area contributed by atoms with Gasteiger partial charge in [-0.25, -0.2) is 0 Å². The van der Waals surface area contributed by atoms with Gasteiger partial charge in [0.15, 0.2) is 0 Å². The van der Waals surface area contributed by atoms with Crippen molar-refractivity contribution in [3.63, 3.8) is 0 Å². The zero-order valence-electron chi connectivity index (χ0n) is 12.2. The summed E-state index contributed by atoms with van der Waals surface area (Å²) < 4.78 is 7.11. The summed E-state index contributed by atoms with van der Waals surface area (Å²) in [5.74, 6) is -0.158. The van der Waals surface area contributed by atoms with Gasteiger partial charge in [-0.15, -0.1) is 0 Å². The molecule has 1 aliphatic carbocycles. The number of halogens is 1. The molecule has 5 nitrogen and oxygen atoms in total. The molecule has 20 heavy (non-hydrogen) atoms. The van der Waals surface area contributed by atoms with E-state index in [1.165, 1.54) is 0 Å². The van der Waals surface area contributed by atoms with E-state index in [4.69, 9.17) is 16.3 Å². The highest BCUT2D eigenvalue weighted by Gasteiger charge is 2.47. The number of rotatable bonds is 5. The van der Waals surface area contributed by atoms with Crippen LogP contribution in [-0.4, -0.2) is 33.9 Å². The van der Waals surface area contributed by atoms with Crippen LogP contribution in [0.4, 0.5) is 0 Å². The lowest BCUT2D eigenvalue weighted by Crippen LogP contribution is -2.53. The Bertz CT molecular complexity index is 475. The van der Waals surface area contributed by atoms with Crippen molar-refractivity contribution in [2.75, 3.05) is 6.61 Å². The zero-order valence-corrected chi connectivity index (χ0v) is 13.0. The van der Waals surface area contributed by atoms with Gasteiger partial charge in [-0.05, 0) is 40.0 Å². The first kappa shape index (κ1) is 15.3. The number of nitrogens with zero attached hydrogens (tertiary/aromatic N) is 2. The van der Waals surface area contributed by atoms with Crippen LogP contribution in [-0.2, 0) is 9.53 Å². The first-order chi connectivity index (χ1) is 9.47. The van der Waals surface area contributed by atoms with E-state index in [2.05, 4.69) is 10.4 Å². The fourth-order valence-electron chi connectivity index (χ4n) is 2.96. The van der Waals surface area contributed by atoms with Gasteiger partial charge >= 0.3 is 5.97 Å². The zero-order chi connectivity index (χ0) is 14.8. The Balaban J connectivity index is 2.16. The summed E-state index contributed by atoms with van der Waals surface area (Å²) in [6, 6.07) is 0.400. The lowest BCUT2D eigenvalue weighted by Gasteiger charge is -2.30. The van der Waals surface area contributed by atoms with Gasteiger partial charge in [-0.3, -0.25) is 14.8 Å². The topological polar surface area (TPSA) is 56.1 Å². The van der Waals surface area contributed by atoms with Gasteiger partial charge in [-0.2, -0.15) is 5.10 Å². The van der Waals surface area contributed by atoms with Crippen molar-refractivity contribution in [3.05, 3.63) is 17.4 Å². The largest absolute Gasteiger partial charge is 0.465 e. The Kier molecular flexibility index (Phi) is 4.70. The van der Waals surface area contributed by atoms with Crippen LogP contribution >= 0.6 is 11.6 Å². The first-order valence-corrected chi connectivity index (χ1v) is 7.49. The highest BCUT2D eigenvalue weighted by atomic mass is 35.5. The lowest BCUT2D eigenvalue weighted by atomic mass is 9.96. The Hall–Kier alpha value is -1.07. The molecule has 2 unspecified atom stereocenters. The Morgan fingerprint density at radius 3 is 3.00 bits per heavy atom. The molecule has 1 aromatic heterocycles. The molecule has 6 heteroatoms. The minimum absolute atomic E-state index is 0.158. The van der Waals surface area contributed by atoms with Crippen molar-refractivity contribution in [1.29, 1.82) is 0 Å². The predicted octanol–water partition coefficient (Wildman–Crippen LogP) is 2.56. The van der Waals surface area contributed by atoms with Gasteiger partial charge in [0.1, 0.15) is 5.54 Å². The monoisotopic (exact) mass is 299 g/mol. The number of hydrogen-bond acceptors (Lipinski definition) is 4. The third kappa shape index (κ3) is 3.15. The van der Waals surface area contributed by atoms with Crippen LogP contribution in [0.1, 0.15) is 46.1 Å². The second-order valence-electron chi connectivity index (χ2n) is 5.64. The maximum absolute atomic E-state index is 12.3. The molecule has 1 saturated carbocycles. The molecule has 1 N–H and O–H groups in total. The van der Waals surface area contributed by atoms with Gasteiger partial charge in [0.25, 0.3) is 0 Å². The van der Waals surface area contributed by atoms with Crippen LogP contribution < -0.4 is 5.32 Å². The molecule has 2 rings (SSSR count). The Labute approximate surface area is 124 Å². The SMILES string of the molecule is CCOC(=O)C1(NC(C)C)CCC(n2cc(Cl)cn2)C1. The highest BCUT2D eigenvalue weighted by Crippen LogP contribution is 2.39. The van der Waals surface area contributed by atoms with Gasteiger partial charge in [0.05, 0.1) is 23.9 Å². The lowest BCUT2D eigenvalue weighted by molar-refractivity contribution is -0.151. The molecule has 1 aliphatic rings. The predicted molar refractivity (Wildman–Crippen MR) is 77.8 cm³/mol. The molecule has 2 atom stereocenters. The van der Waals surface area contributed by atoms with E-state index in [-0.39, 0.29) is 18.1 Å². The number of nitrogens with one attached hydrogen (secondary N) is 1. The second kappa shape index (κ2) is 6.14. The summed E-state index contributed by atoms with van der Waals surface area (Å²) >= 11 is 5.92. The highest BCUT2D eigenvalue weighted by molar-refractivity contribution is 6.30. The standard InChI is InChI=1S/C14H22ClN3O2/c1-4-20-13(19)14(17-10(2)3)6-5-12(7-14)18-9-11(15)8-16-18/h8-10,12,17H,4-7H2,1-3H3. The van der Waals surface area contributed by atoms with E-state index in [0.717, 1.165) is 12.8 Å². The van der Waals surface area contributed by atoms with E-state index < -0.39 is 5.54 Å². The fraction of sp³-hybridized carbons (Fsp3) is 0.714. The first-order valence-electron chi connectivity index (χ1n) is 7.11. The number of hydrogen-bond donors (Lipinski definition) is 1. The van der Waals surface area contributed by atoms with Crippen LogP contribution in [0.5, 0.6) is 0 Å². The summed E-state index contributed by atoms with van der Waals surface area (Å²) in [6.07, 6.45) is 5.76. The number of carbonyl (C=O) groups excluding carboxylic acids is 1. The summed E-state index contributed by atoms with van der Waals surface area (Å²) in [4.78, 5) is 12.3. The number of ether oxygens (including phenoxy) is 1. The van der Waals surface area contributed by atoms with Crippen LogP contribution in [0.15, 0.2) is 12.4 Å². The Morgan fingerprint density at radius 2 is 2.45 bits per heavy atom. The molecular formula is C14H22ClN3O2. The summed E-state index contributed by atoms with van der Waals surface area (Å²) in [7, 11) is 0. The van der Waals surface area contributed by atoms with E-state index in [0.29, 0.717) is 18.1 Å². The molecule has 0 spiro atoms.